The van der Waals surface area contributed by atoms with Crippen LogP contribution in [0.4, 0.5) is 0 Å². The second-order valence-electron chi connectivity index (χ2n) is 2.10. The summed E-state index contributed by atoms with van der Waals surface area (Å²) in [6, 6.07) is 7.66. The molecule has 1 atom stereocenters. The van der Waals surface area contributed by atoms with Crippen LogP contribution in [-0.2, 0) is 14.3 Å². The molecule has 0 saturated heterocycles. The minimum absolute atomic E-state index is 0.532. The predicted octanol–water partition coefficient (Wildman–Crippen LogP) is 0.342. The van der Waals surface area contributed by atoms with Gasteiger partial charge in [0.2, 0.25) is 0 Å². The van der Waals surface area contributed by atoms with E-state index in [1.807, 2.05) is 24.3 Å². The van der Waals surface area contributed by atoms with E-state index in [4.69, 9.17) is 3.82 Å². The molecule has 0 amide bonds. The summed E-state index contributed by atoms with van der Waals surface area (Å²) in [6.45, 7) is 0.532. The summed E-state index contributed by atoms with van der Waals surface area (Å²) >= 11 is -2.07. The van der Waals surface area contributed by atoms with Gasteiger partial charge >= 0.3 is 62.7 Å². The molecule has 0 radical (unpaired) electrons. The van der Waals surface area contributed by atoms with Gasteiger partial charge in [0.05, 0.1) is 0 Å². The Morgan fingerprint density at radius 1 is 1.40 bits per heavy atom. The third kappa shape index (κ3) is 0.833. The molecule has 0 spiro atoms. The topological polar surface area (TPSA) is 26.3 Å². The van der Waals surface area contributed by atoms with E-state index in [2.05, 4.69) is 0 Å². The Morgan fingerprint density at radius 2 is 2.20 bits per heavy atom. The van der Waals surface area contributed by atoms with E-state index in [1.54, 1.807) is 0 Å². The second-order valence-corrected chi connectivity index (χ2v) is 4.51. The van der Waals surface area contributed by atoms with Gasteiger partial charge in [-0.3, -0.25) is 0 Å². The second kappa shape index (κ2) is 2.27. The molecule has 2 rings (SSSR count). The molecule has 52 valence electrons. The molecular formula is C7H6O2Se. The number of hydrogen-bond acceptors (Lipinski definition) is 2. The van der Waals surface area contributed by atoms with E-state index in [9.17, 15) is 3.83 Å². The molecule has 0 aromatic heterocycles. The van der Waals surface area contributed by atoms with Crippen molar-refractivity contribution in [2.45, 2.75) is 6.61 Å². The van der Waals surface area contributed by atoms with Crippen LogP contribution in [0.1, 0.15) is 5.56 Å². The fraction of sp³-hybridized carbons (Fsp3) is 0.143. The van der Waals surface area contributed by atoms with Crippen molar-refractivity contribution in [3.8, 4) is 0 Å². The molecule has 3 heteroatoms. The molecule has 1 aliphatic heterocycles. The van der Waals surface area contributed by atoms with Gasteiger partial charge in [0, 0.05) is 0 Å². The first-order valence-corrected chi connectivity index (χ1v) is 5.26. The summed E-state index contributed by atoms with van der Waals surface area (Å²) < 4.78 is 17.0. The van der Waals surface area contributed by atoms with Crippen LogP contribution in [-0.4, -0.2) is 14.2 Å². The third-order valence-corrected chi connectivity index (χ3v) is 3.76. The average molecular weight is 201 g/mol. The van der Waals surface area contributed by atoms with Gasteiger partial charge in [-0.15, -0.1) is 0 Å². The van der Waals surface area contributed by atoms with Crippen LogP contribution in [0.25, 0.3) is 0 Å². The van der Waals surface area contributed by atoms with Gasteiger partial charge in [-0.25, -0.2) is 0 Å². The van der Waals surface area contributed by atoms with Crippen molar-refractivity contribution in [2.24, 2.45) is 0 Å². The van der Waals surface area contributed by atoms with Crippen molar-refractivity contribution in [3.05, 3.63) is 29.8 Å². The molecule has 1 aliphatic rings. The number of fused-ring (bicyclic) bond motifs is 1. The summed E-state index contributed by atoms with van der Waals surface area (Å²) in [5, 5.41) is 0. The molecule has 1 heterocycles. The van der Waals surface area contributed by atoms with Gasteiger partial charge in [0.1, 0.15) is 0 Å². The normalized spacial score (nSPS) is 22.6. The molecule has 0 saturated carbocycles. The Hall–Kier alpha value is -0.501. The van der Waals surface area contributed by atoms with Crippen molar-refractivity contribution < 1.29 is 7.65 Å². The van der Waals surface area contributed by atoms with Crippen LogP contribution < -0.4 is 4.46 Å². The minimum atomic E-state index is -2.07. The van der Waals surface area contributed by atoms with E-state index < -0.39 is 14.2 Å². The summed E-state index contributed by atoms with van der Waals surface area (Å²) in [4.78, 5) is 0. The maximum absolute atomic E-state index is 11.1. The zero-order chi connectivity index (χ0) is 6.97. The first-order chi connectivity index (χ1) is 4.88. The Balaban J connectivity index is 2.61. The van der Waals surface area contributed by atoms with Crippen LogP contribution in [0, 0.1) is 0 Å². The third-order valence-electron chi connectivity index (χ3n) is 1.47. The molecule has 1 aromatic rings. The molecule has 0 bridgehead atoms. The molecule has 0 N–H and O–H groups in total. The zero-order valence-electron chi connectivity index (χ0n) is 5.24. The number of hydrogen-bond donors (Lipinski definition) is 0. The van der Waals surface area contributed by atoms with Crippen LogP contribution >= 0.6 is 0 Å². The molecule has 0 aliphatic carbocycles. The molecule has 2 nitrogen and oxygen atoms in total. The predicted molar refractivity (Wildman–Crippen MR) is 37.3 cm³/mol. The SMILES string of the molecule is O=[Se]1OCc2ccccc21. The average Bonchev–Trinajstić information content (AvgIpc) is 2.34. The van der Waals surface area contributed by atoms with Gasteiger partial charge < -0.3 is 0 Å². The van der Waals surface area contributed by atoms with Crippen LogP contribution in [0.15, 0.2) is 24.3 Å². The van der Waals surface area contributed by atoms with E-state index in [0.717, 1.165) is 10.0 Å². The van der Waals surface area contributed by atoms with Gasteiger partial charge in [0.25, 0.3) is 0 Å². The first-order valence-electron chi connectivity index (χ1n) is 3.01. The van der Waals surface area contributed by atoms with Crippen LogP contribution in [0.3, 0.4) is 0 Å². The molecule has 1 unspecified atom stereocenters. The molecule has 1 aromatic carbocycles. The monoisotopic (exact) mass is 202 g/mol. The summed E-state index contributed by atoms with van der Waals surface area (Å²) in [5.41, 5.74) is 1.09. The van der Waals surface area contributed by atoms with E-state index >= 15 is 0 Å². The Kier molecular flexibility index (Phi) is 1.42. The number of benzene rings is 1. The van der Waals surface area contributed by atoms with Crippen molar-refractivity contribution >= 4 is 18.6 Å². The fourth-order valence-corrected chi connectivity index (χ4v) is 2.84. The molecular weight excluding hydrogens is 195 g/mol. The van der Waals surface area contributed by atoms with Crippen molar-refractivity contribution in [3.63, 3.8) is 0 Å². The Labute approximate surface area is 63.2 Å². The van der Waals surface area contributed by atoms with E-state index in [-0.39, 0.29) is 0 Å². The van der Waals surface area contributed by atoms with Gasteiger partial charge in [-0.1, -0.05) is 0 Å². The van der Waals surface area contributed by atoms with Crippen molar-refractivity contribution in [1.29, 1.82) is 0 Å². The summed E-state index contributed by atoms with van der Waals surface area (Å²) in [7, 11) is 0. The van der Waals surface area contributed by atoms with Crippen molar-refractivity contribution in [2.75, 3.05) is 0 Å². The summed E-state index contributed by atoms with van der Waals surface area (Å²) in [5.74, 6) is 0. The maximum atomic E-state index is 11.1. The quantitative estimate of drug-likeness (QED) is 0.566. The number of rotatable bonds is 0. The van der Waals surface area contributed by atoms with Gasteiger partial charge in [-0.2, -0.15) is 0 Å². The van der Waals surface area contributed by atoms with E-state index in [1.165, 1.54) is 0 Å². The molecule has 0 fully saturated rings. The fourth-order valence-electron chi connectivity index (χ4n) is 0.966. The van der Waals surface area contributed by atoms with E-state index in [0.29, 0.717) is 6.61 Å². The Bertz CT molecular complexity index is 283. The molecule has 10 heavy (non-hydrogen) atoms. The standard InChI is InChI=1S/C7H6O2Se/c8-10-7-4-2-1-3-6(7)5-9-10/h1-4H,5H2. The van der Waals surface area contributed by atoms with Crippen LogP contribution in [0.5, 0.6) is 0 Å². The zero-order valence-corrected chi connectivity index (χ0v) is 6.95. The van der Waals surface area contributed by atoms with Crippen molar-refractivity contribution in [1.82, 2.24) is 0 Å². The van der Waals surface area contributed by atoms with Gasteiger partial charge in [0.15, 0.2) is 0 Å². The Morgan fingerprint density at radius 3 is 3.00 bits per heavy atom. The van der Waals surface area contributed by atoms with Gasteiger partial charge in [-0.05, 0) is 0 Å². The first kappa shape index (κ1) is 6.23. The van der Waals surface area contributed by atoms with Crippen LogP contribution in [0.2, 0.25) is 0 Å². The summed E-state index contributed by atoms with van der Waals surface area (Å²) in [6.07, 6.45) is 0.